The molecule has 0 spiro atoms. The summed E-state index contributed by atoms with van der Waals surface area (Å²) in [6.45, 7) is 4.32. The van der Waals surface area contributed by atoms with Crippen LogP contribution in [0, 0.1) is 0 Å². The number of halogens is 1. The SMILES string of the molecule is COc1ccc(CCC(=O)NCc2cccc(NC(=O)CCN3CCOCC3)c2)cc1Cl. The lowest BCUT2D eigenvalue weighted by molar-refractivity contribution is -0.121. The van der Waals surface area contributed by atoms with E-state index >= 15 is 0 Å². The molecule has 7 nitrogen and oxygen atoms in total. The lowest BCUT2D eigenvalue weighted by Gasteiger charge is -2.26. The topological polar surface area (TPSA) is 79.9 Å². The van der Waals surface area contributed by atoms with E-state index in [9.17, 15) is 9.59 Å². The molecule has 1 aliphatic rings. The highest BCUT2D eigenvalue weighted by atomic mass is 35.5. The second kappa shape index (κ2) is 12.4. The number of aryl methyl sites for hydroxylation is 1. The first-order valence-electron chi connectivity index (χ1n) is 10.8. The summed E-state index contributed by atoms with van der Waals surface area (Å²) in [7, 11) is 1.57. The van der Waals surface area contributed by atoms with Crippen molar-refractivity contribution in [2.75, 3.05) is 45.3 Å². The Labute approximate surface area is 194 Å². The summed E-state index contributed by atoms with van der Waals surface area (Å²) in [5.41, 5.74) is 2.64. The molecule has 0 aliphatic carbocycles. The molecule has 2 N–H and O–H groups in total. The van der Waals surface area contributed by atoms with Crippen LogP contribution >= 0.6 is 11.6 Å². The maximum atomic E-state index is 12.3. The predicted molar refractivity (Wildman–Crippen MR) is 125 cm³/mol. The van der Waals surface area contributed by atoms with Crippen LogP contribution in [0.5, 0.6) is 5.75 Å². The van der Waals surface area contributed by atoms with E-state index in [4.69, 9.17) is 21.1 Å². The molecule has 0 saturated carbocycles. The Bertz CT molecular complexity index is 916. The lowest BCUT2D eigenvalue weighted by Crippen LogP contribution is -2.38. The first-order valence-corrected chi connectivity index (χ1v) is 11.2. The minimum Gasteiger partial charge on any atom is -0.495 e. The zero-order valence-electron chi connectivity index (χ0n) is 18.4. The Kier molecular flexibility index (Phi) is 9.34. The van der Waals surface area contributed by atoms with Crippen LogP contribution in [-0.2, 0) is 27.3 Å². The number of nitrogens with one attached hydrogen (secondary N) is 2. The summed E-state index contributed by atoms with van der Waals surface area (Å²) >= 11 is 6.13. The van der Waals surface area contributed by atoms with E-state index in [0.717, 1.165) is 49.7 Å². The highest BCUT2D eigenvalue weighted by Gasteiger charge is 2.12. The molecule has 2 aromatic rings. The van der Waals surface area contributed by atoms with Crippen LogP contribution in [0.25, 0.3) is 0 Å². The molecular weight excluding hydrogens is 430 g/mol. The van der Waals surface area contributed by atoms with E-state index in [1.807, 2.05) is 36.4 Å². The number of anilines is 1. The van der Waals surface area contributed by atoms with E-state index in [2.05, 4.69) is 15.5 Å². The van der Waals surface area contributed by atoms with Gasteiger partial charge in [0.15, 0.2) is 0 Å². The van der Waals surface area contributed by atoms with Gasteiger partial charge in [-0.15, -0.1) is 0 Å². The Morgan fingerprint density at radius 3 is 2.62 bits per heavy atom. The molecule has 0 bridgehead atoms. The Hall–Kier alpha value is -2.61. The second-order valence-corrected chi connectivity index (χ2v) is 8.11. The number of hydrogen-bond acceptors (Lipinski definition) is 5. The van der Waals surface area contributed by atoms with Crippen molar-refractivity contribution in [3.05, 3.63) is 58.6 Å². The summed E-state index contributed by atoms with van der Waals surface area (Å²) in [6, 6.07) is 13.1. The molecule has 2 amide bonds. The largest absolute Gasteiger partial charge is 0.495 e. The third-order valence-electron chi connectivity index (χ3n) is 5.32. The first kappa shape index (κ1) is 24.0. The Morgan fingerprint density at radius 2 is 1.88 bits per heavy atom. The fourth-order valence-corrected chi connectivity index (χ4v) is 3.76. The van der Waals surface area contributed by atoms with Crippen LogP contribution in [0.15, 0.2) is 42.5 Å². The van der Waals surface area contributed by atoms with E-state index < -0.39 is 0 Å². The van der Waals surface area contributed by atoms with Gasteiger partial charge in [0.2, 0.25) is 11.8 Å². The van der Waals surface area contributed by atoms with Gasteiger partial charge in [-0.2, -0.15) is 0 Å². The number of methoxy groups -OCH3 is 1. The number of carbonyl (C=O) groups excluding carboxylic acids is 2. The molecule has 3 rings (SSSR count). The number of ether oxygens (including phenoxy) is 2. The zero-order chi connectivity index (χ0) is 22.8. The zero-order valence-corrected chi connectivity index (χ0v) is 19.1. The smallest absolute Gasteiger partial charge is 0.225 e. The summed E-state index contributed by atoms with van der Waals surface area (Å²) < 4.78 is 10.5. The average Bonchev–Trinajstić information content (AvgIpc) is 2.81. The molecule has 32 heavy (non-hydrogen) atoms. The van der Waals surface area contributed by atoms with Gasteiger partial charge in [-0.3, -0.25) is 14.5 Å². The Balaban J connectivity index is 1.40. The summed E-state index contributed by atoms with van der Waals surface area (Å²) in [6.07, 6.45) is 1.39. The van der Waals surface area contributed by atoms with Crippen molar-refractivity contribution in [2.24, 2.45) is 0 Å². The van der Waals surface area contributed by atoms with Crippen molar-refractivity contribution >= 4 is 29.1 Å². The number of benzene rings is 2. The third-order valence-corrected chi connectivity index (χ3v) is 5.61. The fraction of sp³-hybridized carbons (Fsp3) is 0.417. The molecule has 2 aromatic carbocycles. The minimum atomic E-state index is -0.0445. The van der Waals surface area contributed by atoms with Gasteiger partial charge in [0.05, 0.1) is 25.3 Å². The summed E-state index contributed by atoms with van der Waals surface area (Å²) in [4.78, 5) is 26.7. The highest BCUT2D eigenvalue weighted by molar-refractivity contribution is 6.32. The average molecular weight is 460 g/mol. The van der Waals surface area contributed by atoms with Crippen LogP contribution in [0.2, 0.25) is 5.02 Å². The molecule has 1 aliphatic heterocycles. The van der Waals surface area contributed by atoms with Crippen molar-refractivity contribution in [3.63, 3.8) is 0 Å². The summed E-state index contributed by atoms with van der Waals surface area (Å²) in [5.74, 6) is 0.556. The van der Waals surface area contributed by atoms with Crippen molar-refractivity contribution in [1.82, 2.24) is 10.2 Å². The monoisotopic (exact) mass is 459 g/mol. The molecule has 1 heterocycles. The van der Waals surface area contributed by atoms with Gasteiger partial charge >= 0.3 is 0 Å². The lowest BCUT2D eigenvalue weighted by atomic mass is 10.1. The van der Waals surface area contributed by atoms with Crippen LogP contribution in [0.1, 0.15) is 24.0 Å². The van der Waals surface area contributed by atoms with Crippen LogP contribution in [0.4, 0.5) is 5.69 Å². The van der Waals surface area contributed by atoms with E-state index in [0.29, 0.717) is 36.6 Å². The molecule has 172 valence electrons. The van der Waals surface area contributed by atoms with Gasteiger partial charge in [0, 0.05) is 44.7 Å². The standard InChI is InChI=1S/C24H30ClN3O4/c1-31-22-7-5-18(16-21(22)25)6-8-23(29)26-17-19-3-2-4-20(15-19)27-24(30)9-10-28-11-13-32-14-12-28/h2-5,7,15-16H,6,8-14,17H2,1H3,(H,26,29)(H,27,30). The number of amides is 2. The van der Waals surface area contributed by atoms with Crippen molar-refractivity contribution in [3.8, 4) is 5.75 Å². The third kappa shape index (κ3) is 7.82. The van der Waals surface area contributed by atoms with Crippen LogP contribution < -0.4 is 15.4 Å². The van der Waals surface area contributed by atoms with E-state index in [1.54, 1.807) is 13.2 Å². The maximum absolute atomic E-state index is 12.3. The molecule has 1 saturated heterocycles. The molecule has 0 unspecified atom stereocenters. The second-order valence-electron chi connectivity index (χ2n) is 7.70. The molecule has 0 aromatic heterocycles. The normalized spacial score (nSPS) is 14.1. The number of morpholine rings is 1. The molecular formula is C24H30ClN3O4. The molecule has 8 heteroatoms. The highest BCUT2D eigenvalue weighted by Crippen LogP contribution is 2.25. The first-order chi connectivity index (χ1) is 15.5. The van der Waals surface area contributed by atoms with Gasteiger partial charge in [0.1, 0.15) is 5.75 Å². The van der Waals surface area contributed by atoms with Gasteiger partial charge in [0.25, 0.3) is 0 Å². The number of carbonyl (C=O) groups is 2. The number of rotatable bonds is 10. The van der Waals surface area contributed by atoms with Crippen molar-refractivity contribution in [2.45, 2.75) is 25.8 Å². The van der Waals surface area contributed by atoms with E-state index in [-0.39, 0.29) is 11.8 Å². The van der Waals surface area contributed by atoms with Crippen molar-refractivity contribution in [1.29, 1.82) is 0 Å². The van der Waals surface area contributed by atoms with Gasteiger partial charge < -0.3 is 20.1 Å². The van der Waals surface area contributed by atoms with Crippen molar-refractivity contribution < 1.29 is 19.1 Å². The predicted octanol–water partition coefficient (Wildman–Crippen LogP) is 3.26. The summed E-state index contributed by atoms with van der Waals surface area (Å²) in [5, 5.41) is 6.40. The quantitative estimate of drug-likeness (QED) is 0.570. The fourth-order valence-electron chi connectivity index (χ4n) is 3.48. The van der Waals surface area contributed by atoms with Crippen LogP contribution in [0.3, 0.4) is 0 Å². The Morgan fingerprint density at radius 1 is 1.06 bits per heavy atom. The molecule has 0 atom stereocenters. The van der Waals surface area contributed by atoms with Gasteiger partial charge in [-0.25, -0.2) is 0 Å². The minimum absolute atomic E-state index is 0.0178. The molecule has 1 fully saturated rings. The van der Waals surface area contributed by atoms with E-state index in [1.165, 1.54) is 0 Å². The van der Waals surface area contributed by atoms with Gasteiger partial charge in [-0.1, -0.05) is 29.8 Å². The maximum Gasteiger partial charge on any atom is 0.225 e. The molecule has 0 radical (unpaired) electrons. The number of nitrogens with zero attached hydrogens (tertiary/aromatic N) is 1. The van der Waals surface area contributed by atoms with Gasteiger partial charge in [-0.05, 0) is 41.8 Å². The number of hydrogen-bond donors (Lipinski definition) is 2. The van der Waals surface area contributed by atoms with Crippen LogP contribution in [-0.4, -0.2) is 56.7 Å².